The summed E-state index contributed by atoms with van der Waals surface area (Å²) in [6.45, 7) is 0.881. The number of para-hydroxylation sites is 1. The Balaban J connectivity index is 1.72. The Labute approximate surface area is 126 Å². The smallest absolute Gasteiger partial charge is 0.122 e. The van der Waals surface area contributed by atoms with E-state index in [-0.39, 0.29) is 6.61 Å². The standard InChI is InChI=1S/C19H22O2/c20-13-12-16-7-2-4-11-19(16)21-14-17-9-5-8-15-6-1-3-10-18(15)17/h1-4,6-7,10-11,17,20H,5,8-9,12-14H2. The lowest BCUT2D eigenvalue weighted by Crippen LogP contribution is -2.17. The number of benzene rings is 2. The van der Waals surface area contributed by atoms with E-state index in [4.69, 9.17) is 9.84 Å². The van der Waals surface area contributed by atoms with Crippen LogP contribution in [0.3, 0.4) is 0 Å². The first-order valence-electron chi connectivity index (χ1n) is 7.78. The summed E-state index contributed by atoms with van der Waals surface area (Å²) in [6.07, 6.45) is 4.27. The lowest BCUT2D eigenvalue weighted by Gasteiger charge is -2.26. The average Bonchev–Trinajstić information content (AvgIpc) is 2.54. The molecule has 2 nitrogen and oxygen atoms in total. The molecule has 0 radical (unpaired) electrons. The first-order valence-corrected chi connectivity index (χ1v) is 7.78. The molecule has 0 aliphatic heterocycles. The van der Waals surface area contributed by atoms with E-state index in [9.17, 15) is 0 Å². The fourth-order valence-corrected chi connectivity index (χ4v) is 3.19. The zero-order valence-electron chi connectivity index (χ0n) is 12.3. The Hall–Kier alpha value is -1.80. The molecule has 0 amide bonds. The largest absolute Gasteiger partial charge is 0.493 e. The van der Waals surface area contributed by atoms with Gasteiger partial charge in [0, 0.05) is 12.5 Å². The SMILES string of the molecule is OCCc1ccccc1OCC1CCCc2ccccc21. The number of ether oxygens (including phenoxy) is 1. The van der Waals surface area contributed by atoms with Crippen molar-refractivity contribution in [2.45, 2.75) is 31.6 Å². The molecule has 1 atom stereocenters. The van der Waals surface area contributed by atoms with Gasteiger partial charge < -0.3 is 9.84 Å². The van der Waals surface area contributed by atoms with Crippen LogP contribution in [-0.4, -0.2) is 18.3 Å². The molecule has 1 aliphatic carbocycles. The Bertz CT molecular complexity index is 592. The molecule has 1 unspecified atom stereocenters. The van der Waals surface area contributed by atoms with Gasteiger partial charge in [-0.1, -0.05) is 42.5 Å². The normalized spacial score (nSPS) is 17.3. The highest BCUT2D eigenvalue weighted by atomic mass is 16.5. The van der Waals surface area contributed by atoms with Crippen LogP contribution in [0.2, 0.25) is 0 Å². The Morgan fingerprint density at radius 3 is 2.76 bits per heavy atom. The van der Waals surface area contributed by atoms with Crippen molar-refractivity contribution in [3.8, 4) is 5.75 Å². The van der Waals surface area contributed by atoms with Gasteiger partial charge in [0.2, 0.25) is 0 Å². The molecule has 110 valence electrons. The molecule has 2 aromatic carbocycles. The average molecular weight is 282 g/mol. The van der Waals surface area contributed by atoms with Gasteiger partial charge in [-0.15, -0.1) is 0 Å². The van der Waals surface area contributed by atoms with E-state index in [1.165, 1.54) is 30.4 Å². The second-order valence-electron chi connectivity index (χ2n) is 5.68. The minimum absolute atomic E-state index is 0.159. The van der Waals surface area contributed by atoms with Crippen molar-refractivity contribution in [3.63, 3.8) is 0 Å². The fourth-order valence-electron chi connectivity index (χ4n) is 3.19. The van der Waals surface area contributed by atoms with Crippen molar-refractivity contribution >= 4 is 0 Å². The van der Waals surface area contributed by atoms with Gasteiger partial charge in [-0.3, -0.25) is 0 Å². The van der Waals surface area contributed by atoms with Crippen molar-refractivity contribution in [2.24, 2.45) is 0 Å². The molecule has 0 saturated heterocycles. The predicted molar refractivity (Wildman–Crippen MR) is 84.8 cm³/mol. The van der Waals surface area contributed by atoms with Crippen molar-refractivity contribution in [3.05, 3.63) is 65.2 Å². The second kappa shape index (κ2) is 6.77. The minimum Gasteiger partial charge on any atom is -0.493 e. The molecule has 0 heterocycles. The van der Waals surface area contributed by atoms with Crippen LogP contribution < -0.4 is 4.74 Å². The van der Waals surface area contributed by atoms with Crippen LogP contribution in [0.25, 0.3) is 0 Å². The highest BCUT2D eigenvalue weighted by Gasteiger charge is 2.20. The summed E-state index contributed by atoms with van der Waals surface area (Å²) in [5, 5.41) is 9.14. The van der Waals surface area contributed by atoms with Crippen LogP contribution >= 0.6 is 0 Å². The molecule has 0 bridgehead atoms. The maximum atomic E-state index is 9.14. The Kier molecular flexibility index (Phi) is 4.56. The third-order valence-electron chi connectivity index (χ3n) is 4.29. The molecule has 2 aromatic rings. The molecule has 2 heteroatoms. The van der Waals surface area contributed by atoms with Crippen LogP contribution in [0.4, 0.5) is 0 Å². The first kappa shape index (κ1) is 14.2. The summed E-state index contributed by atoms with van der Waals surface area (Å²) in [5.41, 5.74) is 4.01. The lowest BCUT2D eigenvalue weighted by molar-refractivity contribution is 0.265. The molecule has 0 spiro atoms. The van der Waals surface area contributed by atoms with Gasteiger partial charge in [0.1, 0.15) is 5.75 Å². The topological polar surface area (TPSA) is 29.5 Å². The fraction of sp³-hybridized carbons (Fsp3) is 0.368. The zero-order valence-corrected chi connectivity index (χ0v) is 12.3. The highest BCUT2D eigenvalue weighted by Crippen LogP contribution is 2.32. The van der Waals surface area contributed by atoms with Gasteiger partial charge in [0.15, 0.2) is 0 Å². The quantitative estimate of drug-likeness (QED) is 0.905. The van der Waals surface area contributed by atoms with E-state index in [1.54, 1.807) is 0 Å². The van der Waals surface area contributed by atoms with Gasteiger partial charge in [-0.25, -0.2) is 0 Å². The zero-order chi connectivity index (χ0) is 14.5. The van der Waals surface area contributed by atoms with E-state index in [1.807, 2.05) is 24.3 Å². The van der Waals surface area contributed by atoms with Crippen molar-refractivity contribution in [1.29, 1.82) is 0 Å². The van der Waals surface area contributed by atoms with E-state index >= 15 is 0 Å². The molecular formula is C19H22O2. The molecule has 0 aromatic heterocycles. The third kappa shape index (κ3) is 3.27. The number of aryl methyl sites for hydroxylation is 1. The molecule has 0 saturated carbocycles. The molecule has 21 heavy (non-hydrogen) atoms. The van der Waals surface area contributed by atoms with E-state index in [0.717, 1.165) is 17.9 Å². The molecule has 1 aliphatic rings. The lowest BCUT2D eigenvalue weighted by atomic mass is 9.83. The van der Waals surface area contributed by atoms with E-state index in [2.05, 4.69) is 24.3 Å². The predicted octanol–water partition coefficient (Wildman–Crippen LogP) is 3.72. The number of aliphatic hydroxyl groups is 1. The van der Waals surface area contributed by atoms with Crippen LogP contribution in [0, 0.1) is 0 Å². The van der Waals surface area contributed by atoms with Crippen molar-refractivity contribution in [2.75, 3.05) is 13.2 Å². The number of rotatable bonds is 5. The Morgan fingerprint density at radius 1 is 1.05 bits per heavy atom. The van der Waals surface area contributed by atoms with Gasteiger partial charge in [-0.05, 0) is 48.4 Å². The number of aliphatic hydroxyl groups excluding tert-OH is 1. The second-order valence-corrected chi connectivity index (χ2v) is 5.68. The summed E-state index contributed by atoms with van der Waals surface area (Å²) in [4.78, 5) is 0. The maximum absolute atomic E-state index is 9.14. The molecule has 1 N–H and O–H groups in total. The maximum Gasteiger partial charge on any atom is 0.122 e. The molecular weight excluding hydrogens is 260 g/mol. The van der Waals surface area contributed by atoms with Crippen LogP contribution in [0.15, 0.2) is 48.5 Å². The summed E-state index contributed by atoms with van der Waals surface area (Å²) in [6, 6.07) is 16.7. The summed E-state index contributed by atoms with van der Waals surface area (Å²) in [5.74, 6) is 1.40. The third-order valence-corrected chi connectivity index (χ3v) is 4.29. The van der Waals surface area contributed by atoms with Crippen molar-refractivity contribution < 1.29 is 9.84 Å². The number of hydrogen-bond donors (Lipinski definition) is 1. The van der Waals surface area contributed by atoms with Gasteiger partial charge in [-0.2, -0.15) is 0 Å². The Morgan fingerprint density at radius 2 is 1.86 bits per heavy atom. The van der Waals surface area contributed by atoms with Crippen LogP contribution in [-0.2, 0) is 12.8 Å². The van der Waals surface area contributed by atoms with Crippen LogP contribution in [0.5, 0.6) is 5.75 Å². The summed E-state index contributed by atoms with van der Waals surface area (Å²) < 4.78 is 6.07. The number of hydrogen-bond acceptors (Lipinski definition) is 2. The van der Waals surface area contributed by atoms with Gasteiger partial charge >= 0.3 is 0 Å². The number of fused-ring (bicyclic) bond motifs is 1. The van der Waals surface area contributed by atoms with Crippen molar-refractivity contribution in [1.82, 2.24) is 0 Å². The minimum atomic E-state index is 0.159. The summed E-state index contributed by atoms with van der Waals surface area (Å²) in [7, 11) is 0. The van der Waals surface area contributed by atoms with E-state index < -0.39 is 0 Å². The van der Waals surface area contributed by atoms with Gasteiger partial charge in [0.05, 0.1) is 6.61 Å². The first-order chi connectivity index (χ1) is 10.4. The van der Waals surface area contributed by atoms with Gasteiger partial charge in [0.25, 0.3) is 0 Å². The summed E-state index contributed by atoms with van der Waals surface area (Å²) >= 11 is 0. The molecule has 3 rings (SSSR count). The van der Waals surface area contributed by atoms with E-state index in [0.29, 0.717) is 12.3 Å². The highest BCUT2D eigenvalue weighted by molar-refractivity contribution is 5.35. The van der Waals surface area contributed by atoms with Crippen LogP contribution in [0.1, 0.15) is 35.4 Å². The monoisotopic (exact) mass is 282 g/mol. The molecule has 0 fully saturated rings.